The first-order valence-electron chi connectivity index (χ1n) is 7.34. The van der Waals surface area contributed by atoms with Gasteiger partial charge in [0.05, 0.1) is 0 Å². The van der Waals surface area contributed by atoms with E-state index in [2.05, 4.69) is 46.8 Å². The molecule has 1 aromatic rings. The van der Waals surface area contributed by atoms with E-state index in [0.717, 1.165) is 12.2 Å². The maximum atomic E-state index is 5.67. The third-order valence-corrected chi connectivity index (χ3v) is 3.24. The van der Waals surface area contributed by atoms with Crippen LogP contribution in [-0.4, -0.2) is 6.29 Å². The second-order valence-electron chi connectivity index (χ2n) is 7.20. The van der Waals surface area contributed by atoms with E-state index < -0.39 is 0 Å². The molecule has 0 aliphatic heterocycles. The predicted octanol–water partition coefficient (Wildman–Crippen LogP) is 2.33. The summed E-state index contributed by atoms with van der Waals surface area (Å²) in [7, 11) is 0. The fraction of sp³-hybridized carbons (Fsp3) is 0.611. The normalized spacial score (nSPS) is 13.5. The molecule has 1 unspecified atom stereocenters. The van der Waals surface area contributed by atoms with E-state index in [1.54, 1.807) is 6.61 Å². The molecule has 0 aliphatic rings. The van der Waals surface area contributed by atoms with Crippen molar-refractivity contribution in [3.05, 3.63) is 36.4 Å². The molecular formula is C18H29NaO2. The Morgan fingerprint density at radius 3 is 2.00 bits per heavy atom. The molecule has 0 heterocycles. The Labute approximate surface area is 152 Å². The first-order chi connectivity index (χ1) is 9.14. The molecule has 1 atom stereocenters. The van der Waals surface area contributed by atoms with E-state index in [0.29, 0.717) is 5.41 Å². The second kappa shape index (κ2) is 8.57. The van der Waals surface area contributed by atoms with Crippen LogP contribution in [0.5, 0.6) is 5.75 Å². The summed E-state index contributed by atoms with van der Waals surface area (Å²) in [5.74, 6) is 0.842. The van der Waals surface area contributed by atoms with Gasteiger partial charge in [0.2, 0.25) is 0 Å². The van der Waals surface area contributed by atoms with Gasteiger partial charge in [0.25, 0.3) is 0 Å². The van der Waals surface area contributed by atoms with Crippen molar-refractivity contribution in [1.29, 1.82) is 0 Å². The van der Waals surface area contributed by atoms with Crippen LogP contribution >= 0.6 is 0 Å². The van der Waals surface area contributed by atoms with Gasteiger partial charge in [0.1, 0.15) is 5.75 Å². The molecule has 0 saturated heterocycles. The van der Waals surface area contributed by atoms with E-state index in [1.807, 2.05) is 26.0 Å². The van der Waals surface area contributed by atoms with Gasteiger partial charge in [-0.15, -0.1) is 0 Å². The summed E-state index contributed by atoms with van der Waals surface area (Å²) in [6, 6.07) is 8.36. The number of benzene rings is 1. The maximum Gasteiger partial charge on any atom is 1.00 e. The third kappa shape index (κ3) is 7.69. The van der Waals surface area contributed by atoms with Crippen molar-refractivity contribution in [2.24, 2.45) is 5.41 Å². The molecular weight excluding hydrogens is 271 g/mol. The van der Waals surface area contributed by atoms with Gasteiger partial charge in [-0.25, -0.2) is 6.61 Å². The van der Waals surface area contributed by atoms with Crippen molar-refractivity contribution < 1.29 is 39.0 Å². The number of rotatable bonds is 6. The predicted molar refractivity (Wildman–Crippen MR) is 84.7 cm³/mol. The molecule has 0 N–H and O–H groups in total. The summed E-state index contributed by atoms with van der Waals surface area (Å²) >= 11 is 0. The summed E-state index contributed by atoms with van der Waals surface area (Å²) < 4.78 is 10.9. The molecule has 1 rings (SSSR count). The van der Waals surface area contributed by atoms with Crippen LogP contribution in [-0.2, 0) is 10.2 Å². The number of hydrogen-bond donors (Lipinski definition) is 0. The number of ether oxygens (including phenoxy) is 2. The fourth-order valence-electron chi connectivity index (χ4n) is 2.82. The van der Waals surface area contributed by atoms with Crippen LogP contribution in [0.2, 0.25) is 0 Å². The Balaban J connectivity index is 0.00000400. The third-order valence-electron chi connectivity index (χ3n) is 3.24. The van der Waals surface area contributed by atoms with Gasteiger partial charge < -0.3 is 9.47 Å². The van der Waals surface area contributed by atoms with Crippen molar-refractivity contribution in [2.45, 2.75) is 66.6 Å². The van der Waals surface area contributed by atoms with Gasteiger partial charge in [0.15, 0.2) is 6.29 Å². The standard InChI is InChI=1S/C18H29O2.Na/c1-8-19-14(2)20-16-11-9-15(10-12-16)18(6,7)13-17(3,4)5;/h8-12,14H,13H2,1-7H3;/q-1;+1. The molecule has 0 bridgehead atoms. The Kier molecular flexibility index (Phi) is 8.56. The first kappa shape index (κ1) is 21.0. The zero-order chi connectivity index (χ0) is 15.4. The van der Waals surface area contributed by atoms with Gasteiger partial charge >= 0.3 is 29.6 Å². The average molecular weight is 300 g/mol. The fourth-order valence-corrected chi connectivity index (χ4v) is 2.82. The molecule has 0 fully saturated rings. The van der Waals surface area contributed by atoms with Crippen LogP contribution in [0.15, 0.2) is 24.3 Å². The van der Waals surface area contributed by atoms with E-state index in [-0.39, 0.29) is 41.3 Å². The summed E-state index contributed by atoms with van der Waals surface area (Å²) in [4.78, 5) is 0. The maximum absolute atomic E-state index is 5.67. The summed E-state index contributed by atoms with van der Waals surface area (Å²) in [6.07, 6.45) is 0.887. The van der Waals surface area contributed by atoms with Crippen LogP contribution in [0, 0.1) is 12.0 Å². The summed E-state index contributed by atoms with van der Waals surface area (Å²) in [6.45, 7) is 16.8. The van der Waals surface area contributed by atoms with Gasteiger partial charge in [0, 0.05) is 0 Å². The van der Waals surface area contributed by atoms with Gasteiger partial charge in [-0.1, -0.05) is 46.8 Å². The monoisotopic (exact) mass is 300 g/mol. The van der Waals surface area contributed by atoms with Crippen molar-refractivity contribution in [1.82, 2.24) is 0 Å². The van der Waals surface area contributed by atoms with Gasteiger partial charge in [-0.05, 0) is 41.9 Å². The van der Waals surface area contributed by atoms with Crippen molar-refractivity contribution >= 4 is 0 Å². The largest absolute Gasteiger partial charge is 1.00 e. The zero-order valence-electron chi connectivity index (χ0n) is 15.0. The Bertz CT molecular complexity index is 404. The number of hydrogen-bond acceptors (Lipinski definition) is 2. The topological polar surface area (TPSA) is 18.5 Å². The van der Waals surface area contributed by atoms with Crippen molar-refractivity contribution in [2.75, 3.05) is 0 Å². The summed E-state index contributed by atoms with van der Waals surface area (Å²) in [5, 5.41) is 0. The van der Waals surface area contributed by atoms with E-state index >= 15 is 0 Å². The molecule has 114 valence electrons. The molecule has 1 aromatic carbocycles. The van der Waals surface area contributed by atoms with Gasteiger partial charge in [-0.3, -0.25) is 0 Å². The molecule has 0 radical (unpaired) electrons. The van der Waals surface area contributed by atoms with Crippen molar-refractivity contribution in [3.63, 3.8) is 0 Å². The van der Waals surface area contributed by atoms with Crippen LogP contribution in [0.25, 0.3) is 0 Å². The Morgan fingerprint density at radius 1 is 1.05 bits per heavy atom. The minimum Gasteiger partial charge on any atom is -0.521 e. The molecule has 0 saturated carbocycles. The SMILES string of the molecule is C[CH-]OC(C)Oc1ccc(C(C)(C)CC(C)(C)C)cc1.[Na+]. The smallest absolute Gasteiger partial charge is 0.521 e. The van der Waals surface area contributed by atoms with Crippen molar-refractivity contribution in [3.8, 4) is 5.75 Å². The quantitative estimate of drug-likeness (QED) is 0.456. The Hall–Kier alpha value is -0.0200. The molecule has 21 heavy (non-hydrogen) atoms. The van der Waals surface area contributed by atoms with E-state index in [9.17, 15) is 0 Å². The first-order valence-corrected chi connectivity index (χ1v) is 7.34. The zero-order valence-corrected chi connectivity index (χ0v) is 17.0. The van der Waals surface area contributed by atoms with Crippen LogP contribution in [0.4, 0.5) is 0 Å². The van der Waals surface area contributed by atoms with E-state index in [4.69, 9.17) is 9.47 Å². The van der Waals surface area contributed by atoms with E-state index in [1.165, 1.54) is 5.56 Å². The van der Waals surface area contributed by atoms with Gasteiger partial charge in [-0.2, -0.15) is 6.92 Å². The second-order valence-corrected chi connectivity index (χ2v) is 7.20. The summed E-state index contributed by atoms with van der Waals surface area (Å²) in [5.41, 5.74) is 1.82. The molecule has 0 aromatic heterocycles. The molecule has 2 nitrogen and oxygen atoms in total. The van der Waals surface area contributed by atoms with Crippen LogP contribution in [0.1, 0.15) is 60.5 Å². The minimum absolute atomic E-state index is 0. The molecule has 0 aliphatic carbocycles. The molecule has 3 heteroatoms. The average Bonchev–Trinajstić information content (AvgIpc) is 2.26. The van der Waals surface area contributed by atoms with Crippen LogP contribution in [0.3, 0.4) is 0 Å². The molecule has 0 amide bonds. The minimum atomic E-state index is -0.256. The Morgan fingerprint density at radius 2 is 1.57 bits per heavy atom. The molecule has 0 spiro atoms. The van der Waals surface area contributed by atoms with Crippen LogP contribution < -0.4 is 34.3 Å².